The third-order valence-electron chi connectivity index (χ3n) is 2.78. The van der Waals surface area contributed by atoms with E-state index in [1.165, 1.54) is 0 Å². The molecule has 0 aliphatic rings. The highest BCUT2D eigenvalue weighted by molar-refractivity contribution is 6.43. The summed E-state index contributed by atoms with van der Waals surface area (Å²) in [5, 5.41) is 8.75. The topological polar surface area (TPSA) is 183 Å². The molecule has 0 aliphatic carbocycles. The van der Waals surface area contributed by atoms with Crippen LogP contribution in [-0.2, 0) is 0 Å². The number of anilines is 2. The summed E-state index contributed by atoms with van der Waals surface area (Å²) in [6, 6.07) is 2.58. The molecule has 0 aliphatic heterocycles. The van der Waals surface area contributed by atoms with Gasteiger partial charge in [-0.15, -0.1) is 10.2 Å². The van der Waals surface area contributed by atoms with Crippen molar-refractivity contribution in [2.24, 2.45) is 23.2 Å². The van der Waals surface area contributed by atoms with Crippen molar-refractivity contribution < 1.29 is 9.59 Å². The number of urea groups is 2. The number of amides is 4. The van der Waals surface area contributed by atoms with Crippen LogP contribution in [0.5, 0.6) is 0 Å². The van der Waals surface area contributed by atoms with Gasteiger partial charge in [0, 0.05) is 5.56 Å². The number of benzene rings is 1. The Labute approximate surface area is 145 Å². The van der Waals surface area contributed by atoms with Crippen LogP contribution >= 0.6 is 23.2 Å². The highest BCUT2D eigenvalue weighted by Gasteiger charge is 2.23. The average Bonchev–Trinajstić information content (AvgIpc) is 2.55. The van der Waals surface area contributed by atoms with E-state index in [9.17, 15) is 9.59 Å². The Bertz CT molecular complexity index is 816. The van der Waals surface area contributed by atoms with Crippen LogP contribution in [0.3, 0.4) is 0 Å². The molecule has 24 heavy (non-hydrogen) atoms. The van der Waals surface area contributed by atoms with Crippen LogP contribution < -0.4 is 33.2 Å². The summed E-state index contributed by atoms with van der Waals surface area (Å²) < 4.78 is 0. The number of nitrogens with zero attached hydrogens (tertiary/aromatic N) is 5. The van der Waals surface area contributed by atoms with Crippen molar-refractivity contribution in [1.82, 2.24) is 15.2 Å². The second kappa shape index (κ2) is 6.80. The van der Waals surface area contributed by atoms with Gasteiger partial charge in [0.05, 0.1) is 10.0 Å². The first-order valence-electron chi connectivity index (χ1n) is 6.11. The lowest BCUT2D eigenvalue weighted by Crippen LogP contribution is -2.45. The van der Waals surface area contributed by atoms with Crippen LogP contribution in [0, 0.1) is 0 Å². The smallest absolute Gasteiger partial charge is 0.336 e. The van der Waals surface area contributed by atoms with Crippen LogP contribution in [-0.4, -0.2) is 27.2 Å². The molecule has 13 heteroatoms. The summed E-state index contributed by atoms with van der Waals surface area (Å²) in [5.74, 6) is 10.3. The number of aromatic nitrogens is 3. The number of hydrazine groups is 2. The zero-order valence-corrected chi connectivity index (χ0v) is 13.4. The maximum absolute atomic E-state index is 11.4. The lowest BCUT2D eigenvalue weighted by atomic mass is 10.1. The number of carbonyl (C=O) groups is 2. The Morgan fingerprint density at radius 1 is 1.00 bits per heavy atom. The molecule has 4 amide bonds. The number of halogens is 2. The lowest BCUT2D eigenvalue weighted by molar-refractivity contribution is 0.253. The van der Waals surface area contributed by atoms with Crippen LogP contribution in [0.25, 0.3) is 11.3 Å². The molecule has 0 bridgehead atoms. The van der Waals surface area contributed by atoms with Gasteiger partial charge in [-0.3, -0.25) is 0 Å². The molecule has 0 atom stereocenters. The quantitative estimate of drug-likeness (QED) is 0.340. The Morgan fingerprint density at radius 3 is 2.21 bits per heavy atom. The Hall–Kier alpha value is -2.73. The molecule has 0 fully saturated rings. The molecule has 126 valence electrons. The van der Waals surface area contributed by atoms with Crippen LogP contribution in [0.1, 0.15) is 0 Å². The van der Waals surface area contributed by atoms with E-state index >= 15 is 0 Å². The lowest BCUT2D eigenvalue weighted by Gasteiger charge is -2.18. The van der Waals surface area contributed by atoms with Crippen LogP contribution in [0.2, 0.25) is 10.0 Å². The average molecular weight is 372 g/mol. The maximum atomic E-state index is 11.4. The third kappa shape index (κ3) is 3.28. The van der Waals surface area contributed by atoms with Crippen LogP contribution in [0.4, 0.5) is 21.4 Å². The molecule has 11 nitrogen and oxygen atoms in total. The second-order valence-electron chi connectivity index (χ2n) is 4.30. The molecule has 0 spiro atoms. The van der Waals surface area contributed by atoms with Gasteiger partial charge in [-0.25, -0.2) is 26.3 Å². The zero-order valence-electron chi connectivity index (χ0n) is 11.8. The summed E-state index contributed by atoms with van der Waals surface area (Å²) in [4.78, 5) is 26.4. The van der Waals surface area contributed by atoms with Gasteiger partial charge in [0.2, 0.25) is 0 Å². The molecule has 0 saturated carbocycles. The first kappa shape index (κ1) is 17.6. The summed E-state index contributed by atoms with van der Waals surface area (Å²) in [5.41, 5.74) is 10.4. The number of hydrogen-bond acceptors (Lipinski definition) is 7. The van der Waals surface area contributed by atoms with Gasteiger partial charge in [-0.05, 0) is 6.07 Å². The van der Waals surface area contributed by atoms with Crippen molar-refractivity contribution in [3.63, 3.8) is 0 Å². The standard InChI is InChI=1S/C11H11Cl2N9O2/c12-5-3-1-2-4(6(5)13)7-8(21(16)9(14)23)18-11(20-19-7)22(17)10(15)24/h1-3H,16-17H2,(H2,14,23)(H2,15,24). The molecule has 0 saturated heterocycles. The van der Waals surface area contributed by atoms with Gasteiger partial charge < -0.3 is 11.5 Å². The van der Waals surface area contributed by atoms with Gasteiger partial charge in [0.15, 0.2) is 5.82 Å². The summed E-state index contributed by atoms with van der Waals surface area (Å²) >= 11 is 12.1. The van der Waals surface area contributed by atoms with E-state index in [0.717, 1.165) is 0 Å². The zero-order chi connectivity index (χ0) is 18.0. The predicted octanol–water partition coefficient (Wildman–Crippen LogP) is 0.363. The molecule has 1 heterocycles. The summed E-state index contributed by atoms with van der Waals surface area (Å²) in [7, 11) is 0. The van der Waals surface area contributed by atoms with Gasteiger partial charge in [0.25, 0.3) is 5.95 Å². The third-order valence-corrected chi connectivity index (χ3v) is 3.60. The summed E-state index contributed by atoms with van der Waals surface area (Å²) in [6.07, 6.45) is 0. The Morgan fingerprint density at radius 2 is 1.62 bits per heavy atom. The highest BCUT2D eigenvalue weighted by Crippen LogP contribution is 2.36. The number of primary amides is 2. The van der Waals surface area contributed by atoms with E-state index in [4.69, 9.17) is 46.4 Å². The van der Waals surface area contributed by atoms with E-state index in [2.05, 4.69) is 15.2 Å². The predicted molar refractivity (Wildman–Crippen MR) is 87.8 cm³/mol. The molecule has 8 N–H and O–H groups in total. The minimum atomic E-state index is -1.06. The minimum Gasteiger partial charge on any atom is -0.350 e. The van der Waals surface area contributed by atoms with Crippen molar-refractivity contribution in [1.29, 1.82) is 0 Å². The van der Waals surface area contributed by atoms with E-state index in [1.54, 1.807) is 18.2 Å². The fourth-order valence-electron chi connectivity index (χ4n) is 1.64. The molecular weight excluding hydrogens is 361 g/mol. The second-order valence-corrected chi connectivity index (χ2v) is 5.09. The molecular formula is C11H11Cl2N9O2. The molecule has 2 rings (SSSR count). The van der Waals surface area contributed by atoms with E-state index in [1.807, 2.05) is 0 Å². The number of carbonyl (C=O) groups excluding carboxylic acids is 2. The van der Waals surface area contributed by atoms with Crippen molar-refractivity contribution in [2.75, 3.05) is 10.0 Å². The minimum absolute atomic E-state index is 0.00887. The molecule has 2 aromatic rings. The van der Waals surface area contributed by atoms with E-state index in [0.29, 0.717) is 10.0 Å². The van der Waals surface area contributed by atoms with Gasteiger partial charge in [-0.1, -0.05) is 35.3 Å². The largest absolute Gasteiger partial charge is 0.350 e. The number of hydrogen-bond donors (Lipinski definition) is 4. The number of rotatable bonds is 3. The molecule has 0 unspecified atom stereocenters. The van der Waals surface area contributed by atoms with Gasteiger partial charge in [-0.2, -0.15) is 9.99 Å². The van der Waals surface area contributed by atoms with Crippen molar-refractivity contribution in [3.05, 3.63) is 28.2 Å². The maximum Gasteiger partial charge on any atom is 0.336 e. The Balaban J connectivity index is 2.69. The van der Waals surface area contributed by atoms with E-state index in [-0.39, 0.29) is 27.1 Å². The summed E-state index contributed by atoms with van der Waals surface area (Å²) in [6.45, 7) is 0. The molecule has 1 aromatic carbocycles. The van der Waals surface area contributed by atoms with Gasteiger partial charge in [0.1, 0.15) is 5.69 Å². The Kier molecular flexibility index (Phi) is 4.99. The van der Waals surface area contributed by atoms with Crippen molar-refractivity contribution >= 4 is 47.0 Å². The normalized spacial score (nSPS) is 10.3. The molecule has 0 radical (unpaired) electrons. The first-order chi connectivity index (χ1) is 11.2. The molecule has 1 aromatic heterocycles. The van der Waals surface area contributed by atoms with E-state index < -0.39 is 18.0 Å². The van der Waals surface area contributed by atoms with Crippen molar-refractivity contribution in [3.8, 4) is 11.3 Å². The number of nitrogens with two attached hydrogens (primary N) is 4. The fourth-order valence-corrected chi connectivity index (χ4v) is 2.03. The SMILES string of the molecule is NC(=O)N(N)c1nnc(-c2cccc(Cl)c2Cl)c(N(N)C(N)=O)n1. The monoisotopic (exact) mass is 371 g/mol. The highest BCUT2D eigenvalue weighted by atomic mass is 35.5. The van der Waals surface area contributed by atoms with Gasteiger partial charge >= 0.3 is 12.1 Å². The first-order valence-corrected chi connectivity index (χ1v) is 6.87. The fraction of sp³-hybridized carbons (Fsp3) is 0. The van der Waals surface area contributed by atoms with Crippen LogP contribution in [0.15, 0.2) is 18.2 Å². The van der Waals surface area contributed by atoms with Crippen molar-refractivity contribution in [2.45, 2.75) is 0 Å².